The standard InChI is InChI=1S/C19H19ClN4O/c1-2-25-14-9-7-13(8-10-14)18-11-17(15-5-3-4-6-16(15)20)23-19-21-12-22-24(18)19/h3-10,12,17-18H,2,11H2,1H3,(H,21,22,23). The molecule has 0 radical (unpaired) electrons. The molecule has 1 aliphatic heterocycles. The minimum Gasteiger partial charge on any atom is -0.494 e. The minimum absolute atomic E-state index is 0.0852. The molecule has 2 atom stereocenters. The van der Waals surface area contributed by atoms with E-state index in [1.807, 2.05) is 41.9 Å². The van der Waals surface area contributed by atoms with Gasteiger partial charge in [0.1, 0.15) is 12.1 Å². The Labute approximate surface area is 151 Å². The quantitative estimate of drug-likeness (QED) is 0.750. The number of hydrogen-bond donors (Lipinski definition) is 1. The maximum absolute atomic E-state index is 6.41. The molecule has 25 heavy (non-hydrogen) atoms. The normalized spacial score (nSPS) is 19.1. The van der Waals surface area contributed by atoms with Crippen LogP contribution in [0.3, 0.4) is 0 Å². The van der Waals surface area contributed by atoms with E-state index in [2.05, 4.69) is 33.6 Å². The summed E-state index contributed by atoms with van der Waals surface area (Å²) in [7, 11) is 0. The van der Waals surface area contributed by atoms with Crippen LogP contribution in [-0.4, -0.2) is 21.4 Å². The van der Waals surface area contributed by atoms with Gasteiger partial charge in [-0.05, 0) is 42.7 Å². The first kappa shape index (κ1) is 16.0. The average molecular weight is 355 g/mol. The first-order valence-corrected chi connectivity index (χ1v) is 8.77. The largest absolute Gasteiger partial charge is 0.494 e. The molecular formula is C19H19ClN4O. The van der Waals surface area contributed by atoms with Gasteiger partial charge in [-0.2, -0.15) is 10.1 Å². The summed E-state index contributed by atoms with van der Waals surface area (Å²) in [6.45, 7) is 2.64. The maximum Gasteiger partial charge on any atom is 0.222 e. The summed E-state index contributed by atoms with van der Waals surface area (Å²) in [5.41, 5.74) is 2.25. The predicted molar refractivity (Wildman–Crippen MR) is 98.2 cm³/mol. The third-order valence-electron chi connectivity index (χ3n) is 4.49. The van der Waals surface area contributed by atoms with Crippen molar-refractivity contribution < 1.29 is 4.74 Å². The van der Waals surface area contributed by atoms with Crippen LogP contribution in [-0.2, 0) is 0 Å². The SMILES string of the molecule is CCOc1ccc(C2CC(c3ccccc3Cl)Nc3ncnn32)cc1. The van der Waals surface area contributed by atoms with Gasteiger partial charge in [0.15, 0.2) is 0 Å². The highest BCUT2D eigenvalue weighted by atomic mass is 35.5. The second-order valence-electron chi connectivity index (χ2n) is 6.00. The van der Waals surface area contributed by atoms with Crippen molar-refractivity contribution in [2.45, 2.75) is 25.4 Å². The second-order valence-corrected chi connectivity index (χ2v) is 6.41. The number of rotatable bonds is 4. The molecule has 6 heteroatoms. The van der Waals surface area contributed by atoms with Crippen molar-refractivity contribution in [2.24, 2.45) is 0 Å². The lowest BCUT2D eigenvalue weighted by Crippen LogP contribution is -2.28. The molecule has 1 N–H and O–H groups in total. The van der Waals surface area contributed by atoms with Crippen molar-refractivity contribution in [3.63, 3.8) is 0 Å². The summed E-state index contributed by atoms with van der Waals surface area (Å²) in [6.07, 6.45) is 2.42. The van der Waals surface area contributed by atoms with Gasteiger partial charge >= 0.3 is 0 Å². The van der Waals surface area contributed by atoms with E-state index in [0.717, 1.165) is 28.7 Å². The molecule has 2 aromatic carbocycles. The predicted octanol–water partition coefficient (Wildman–Crippen LogP) is 4.48. The fourth-order valence-electron chi connectivity index (χ4n) is 3.31. The Balaban J connectivity index is 1.68. The number of nitrogens with one attached hydrogen (secondary N) is 1. The lowest BCUT2D eigenvalue weighted by atomic mass is 9.93. The first-order valence-electron chi connectivity index (χ1n) is 8.39. The van der Waals surface area contributed by atoms with E-state index in [-0.39, 0.29) is 12.1 Å². The molecule has 3 aromatic rings. The smallest absolute Gasteiger partial charge is 0.222 e. The zero-order valence-electron chi connectivity index (χ0n) is 13.9. The highest BCUT2D eigenvalue weighted by Gasteiger charge is 2.30. The van der Waals surface area contributed by atoms with Gasteiger partial charge in [0.05, 0.1) is 18.7 Å². The Kier molecular flexibility index (Phi) is 4.32. The maximum atomic E-state index is 6.41. The van der Waals surface area contributed by atoms with E-state index in [1.54, 1.807) is 6.33 Å². The van der Waals surface area contributed by atoms with Crippen molar-refractivity contribution in [1.82, 2.24) is 14.8 Å². The van der Waals surface area contributed by atoms with Crippen molar-refractivity contribution in [1.29, 1.82) is 0 Å². The number of nitrogens with zero attached hydrogens (tertiary/aromatic N) is 3. The summed E-state index contributed by atoms with van der Waals surface area (Å²) in [5.74, 6) is 1.64. The van der Waals surface area contributed by atoms with Crippen LogP contribution in [0.5, 0.6) is 5.75 Å². The van der Waals surface area contributed by atoms with Crippen molar-refractivity contribution in [2.75, 3.05) is 11.9 Å². The van der Waals surface area contributed by atoms with E-state index in [4.69, 9.17) is 16.3 Å². The van der Waals surface area contributed by atoms with Gasteiger partial charge in [-0.25, -0.2) is 4.68 Å². The van der Waals surface area contributed by atoms with Crippen LogP contribution in [0.2, 0.25) is 5.02 Å². The van der Waals surface area contributed by atoms with Gasteiger partial charge in [0, 0.05) is 5.02 Å². The van der Waals surface area contributed by atoms with E-state index in [0.29, 0.717) is 6.61 Å². The molecule has 0 bridgehead atoms. The zero-order valence-corrected chi connectivity index (χ0v) is 14.6. The van der Waals surface area contributed by atoms with Crippen LogP contribution in [0, 0.1) is 0 Å². The van der Waals surface area contributed by atoms with E-state index >= 15 is 0 Å². The second kappa shape index (κ2) is 6.76. The van der Waals surface area contributed by atoms with E-state index in [1.165, 1.54) is 5.56 Å². The Morgan fingerprint density at radius 3 is 2.76 bits per heavy atom. The molecule has 2 heterocycles. The molecule has 4 rings (SSSR count). The number of halogens is 1. The number of aromatic nitrogens is 3. The third kappa shape index (κ3) is 3.07. The topological polar surface area (TPSA) is 52.0 Å². The Hall–Kier alpha value is -2.53. The molecular weight excluding hydrogens is 336 g/mol. The highest BCUT2D eigenvalue weighted by molar-refractivity contribution is 6.31. The molecule has 0 fully saturated rings. The number of benzene rings is 2. The lowest BCUT2D eigenvalue weighted by molar-refractivity contribution is 0.340. The van der Waals surface area contributed by atoms with Crippen molar-refractivity contribution in [3.8, 4) is 5.75 Å². The Morgan fingerprint density at radius 1 is 1.20 bits per heavy atom. The van der Waals surface area contributed by atoms with E-state index in [9.17, 15) is 0 Å². The summed E-state index contributed by atoms with van der Waals surface area (Å²) in [5, 5.41) is 8.61. The highest BCUT2D eigenvalue weighted by Crippen LogP contribution is 2.39. The van der Waals surface area contributed by atoms with Crippen LogP contribution in [0.4, 0.5) is 5.95 Å². The van der Waals surface area contributed by atoms with Gasteiger partial charge in [-0.1, -0.05) is 41.9 Å². The molecule has 1 aromatic heterocycles. The molecule has 0 aliphatic carbocycles. The van der Waals surface area contributed by atoms with Crippen LogP contribution in [0.15, 0.2) is 54.9 Å². The molecule has 0 saturated heterocycles. The average Bonchev–Trinajstić information content (AvgIpc) is 3.11. The minimum atomic E-state index is 0.0852. The number of anilines is 1. The summed E-state index contributed by atoms with van der Waals surface area (Å²) in [4.78, 5) is 4.36. The van der Waals surface area contributed by atoms with Crippen LogP contribution < -0.4 is 10.1 Å². The number of hydrogen-bond acceptors (Lipinski definition) is 4. The van der Waals surface area contributed by atoms with Gasteiger partial charge < -0.3 is 10.1 Å². The molecule has 128 valence electrons. The molecule has 0 saturated carbocycles. The monoisotopic (exact) mass is 354 g/mol. The molecule has 5 nitrogen and oxygen atoms in total. The molecule has 2 unspecified atom stereocenters. The number of ether oxygens (including phenoxy) is 1. The van der Waals surface area contributed by atoms with Gasteiger partial charge in [-0.15, -0.1) is 0 Å². The molecule has 1 aliphatic rings. The van der Waals surface area contributed by atoms with Crippen LogP contribution >= 0.6 is 11.6 Å². The van der Waals surface area contributed by atoms with E-state index < -0.39 is 0 Å². The Morgan fingerprint density at radius 2 is 2.00 bits per heavy atom. The van der Waals surface area contributed by atoms with Crippen molar-refractivity contribution >= 4 is 17.5 Å². The lowest BCUT2D eigenvalue weighted by Gasteiger charge is -2.32. The first-order chi connectivity index (χ1) is 12.3. The van der Waals surface area contributed by atoms with Gasteiger partial charge in [0.2, 0.25) is 5.95 Å². The fourth-order valence-corrected chi connectivity index (χ4v) is 3.58. The Bertz CT molecular complexity index is 862. The van der Waals surface area contributed by atoms with Gasteiger partial charge in [0.25, 0.3) is 0 Å². The fraction of sp³-hybridized carbons (Fsp3) is 0.263. The van der Waals surface area contributed by atoms with Crippen molar-refractivity contribution in [3.05, 3.63) is 71.0 Å². The van der Waals surface area contributed by atoms with Crippen LogP contribution in [0.1, 0.15) is 36.6 Å². The summed E-state index contributed by atoms with van der Waals surface area (Å²) < 4.78 is 7.48. The summed E-state index contributed by atoms with van der Waals surface area (Å²) >= 11 is 6.41. The number of fused-ring (bicyclic) bond motifs is 1. The summed E-state index contributed by atoms with van der Waals surface area (Å²) in [6, 6.07) is 16.3. The molecule has 0 spiro atoms. The van der Waals surface area contributed by atoms with Crippen LogP contribution in [0.25, 0.3) is 0 Å². The molecule has 0 amide bonds. The third-order valence-corrected chi connectivity index (χ3v) is 4.83. The zero-order chi connectivity index (χ0) is 17.2. The van der Waals surface area contributed by atoms with Gasteiger partial charge in [-0.3, -0.25) is 0 Å².